The van der Waals surface area contributed by atoms with Gasteiger partial charge in [-0.05, 0) is 6.42 Å². The van der Waals surface area contributed by atoms with Gasteiger partial charge in [-0.1, -0.05) is 30.0 Å². The highest BCUT2D eigenvalue weighted by Crippen LogP contribution is 2.23. The third-order valence-corrected chi connectivity index (χ3v) is 4.10. The van der Waals surface area contributed by atoms with E-state index >= 15 is 0 Å². The summed E-state index contributed by atoms with van der Waals surface area (Å²) in [7, 11) is 1.93. The quantitative estimate of drug-likeness (QED) is 0.807. The number of hydrogen-bond donors (Lipinski definition) is 1. The van der Waals surface area contributed by atoms with Gasteiger partial charge in [0.2, 0.25) is 5.13 Å². The van der Waals surface area contributed by atoms with Crippen molar-refractivity contribution in [2.45, 2.75) is 24.3 Å². The highest BCUT2D eigenvalue weighted by molar-refractivity contribution is 7.98. The molecule has 0 unspecified atom stereocenters. The minimum atomic E-state index is 0.776. The average Bonchev–Trinajstić information content (AvgIpc) is 2.93. The van der Waals surface area contributed by atoms with Crippen LogP contribution in [0.2, 0.25) is 0 Å². The monoisotopic (exact) mass is 270 g/mol. The Hall–Kier alpha value is -1.15. The van der Waals surface area contributed by atoms with Crippen LogP contribution in [-0.4, -0.2) is 31.5 Å². The van der Waals surface area contributed by atoms with E-state index < -0.39 is 0 Å². The molecule has 0 aliphatic carbocycles. The molecule has 0 saturated heterocycles. The van der Waals surface area contributed by atoms with Crippen LogP contribution in [0, 0.1) is 0 Å². The van der Waals surface area contributed by atoms with Crippen molar-refractivity contribution in [2.75, 3.05) is 11.9 Å². The number of aryl methyl sites for hydroxylation is 1. The summed E-state index contributed by atoms with van der Waals surface area (Å²) in [4.78, 5) is 0. The molecule has 6 nitrogen and oxygen atoms in total. The SMILES string of the molecule is CCCNc1nnc(CSc2nncn2C)s1. The molecule has 2 aromatic rings. The van der Waals surface area contributed by atoms with Crippen molar-refractivity contribution in [3.8, 4) is 0 Å². The Morgan fingerprint density at radius 2 is 2.29 bits per heavy atom. The average molecular weight is 270 g/mol. The van der Waals surface area contributed by atoms with Crippen molar-refractivity contribution < 1.29 is 0 Å². The van der Waals surface area contributed by atoms with Crippen LogP contribution in [0.15, 0.2) is 11.5 Å². The minimum absolute atomic E-state index is 0.776. The molecule has 0 aromatic carbocycles. The second kappa shape index (κ2) is 5.97. The molecule has 0 fully saturated rings. The molecule has 92 valence electrons. The van der Waals surface area contributed by atoms with Crippen molar-refractivity contribution in [2.24, 2.45) is 7.05 Å². The number of nitrogens with one attached hydrogen (secondary N) is 1. The zero-order valence-electron chi connectivity index (χ0n) is 9.75. The van der Waals surface area contributed by atoms with Gasteiger partial charge in [-0.3, -0.25) is 0 Å². The van der Waals surface area contributed by atoms with Gasteiger partial charge in [0.1, 0.15) is 11.3 Å². The molecule has 0 radical (unpaired) electrons. The molecule has 0 saturated carbocycles. The van der Waals surface area contributed by atoms with Gasteiger partial charge < -0.3 is 9.88 Å². The van der Waals surface area contributed by atoms with Crippen LogP contribution in [0.5, 0.6) is 0 Å². The largest absolute Gasteiger partial charge is 0.360 e. The van der Waals surface area contributed by atoms with E-state index in [9.17, 15) is 0 Å². The summed E-state index contributed by atoms with van der Waals surface area (Å²) in [5.74, 6) is 0.776. The van der Waals surface area contributed by atoms with Gasteiger partial charge in [0, 0.05) is 13.6 Å². The van der Waals surface area contributed by atoms with Crippen LogP contribution < -0.4 is 5.32 Å². The van der Waals surface area contributed by atoms with Crippen molar-refractivity contribution in [1.82, 2.24) is 25.0 Å². The first-order valence-electron chi connectivity index (χ1n) is 5.32. The van der Waals surface area contributed by atoms with E-state index in [0.29, 0.717) is 0 Å². The van der Waals surface area contributed by atoms with E-state index in [4.69, 9.17) is 0 Å². The molecule has 2 rings (SSSR count). The molecule has 0 atom stereocenters. The maximum Gasteiger partial charge on any atom is 0.205 e. The number of aromatic nitrogens is 5. The molecule has 0 amide bonds. The van der Waals surface area contributed by atoms with Crippen LogP contribution in [0.25, 0.3) is 0 Å². The molecule has 8 heteroatoms. The second-order valence-corrected chi connectivity index (χ2v) is 5.45. The lowest BCUT2D eigenvalue weighted by Crippen LogP contribution is -1.98. The molecule has 0 aliphatic rings. The van der Waals surface area contributed by atoms with Crippen LogP contribution in [0.1, 0.15) is 18.4 Å². The molecule has 0 bridgehead atoms. The maximum absolute atomic E-state index is 4.13. The summed E-state index contributed by atoms with van der Waals surface area (Å²) >= 11 is 3.20. The van der Waals surface area contributed by atoms with Gasteiger partial charge in [0.05, 0.1) is 5.75 Å². The van der Waals surface area contributed by atoms with Crippen molar-refractivity contribution >= 4 is 28.2 Å². The topological polar surface area (TPSA) is 68.5 Å². The van der Waals surface area contributed by atoms with E-state index in [-0.39, 0.29) is 0 Å². The lowest BCUT2D eigenvalue weighted by molar-refractivity contribution is 0.788. The fourth-order valence-corrected chi connectivity index (χ4v) is 2.78. The van der Waals surface area contributed by atoms with Crippen molar-refractivity contribution in [3.63, 3.8) is 0 Å². The summed E-state index contributed by atoms with van der Waals surface area (Å²) in [6.07, 6.45) is 2.78. The molecule has 2 aromatic heterocycles. The summed E-state index contributed by atoms with van der Waals surface area (Å²) < 4.78 is 1.89. The van der Waals surface area contributed by atoms with E-state index in [2.05, 4.69) is 32.6 Å². The first-order valence-corrected chi connectivity index (χ1v) is 7.13. The first-order chi connectivity index (χ1) is 8.29. The zero-order chi connectivity index (χ0) is 12.1. The third-order valence-electron chi connectivity index (χ3n) is 1.99. The lowest BCUT2D eigenvalue weighted by atomic mass is 10.5. The van der Waals surface area contributed by atoms with Gasteiger partial charge in [-0.15, -0.1) is 20.4 Å². The maximum atomic E-state index is 4.13. The van der Waals surface area contributed by atoms with Gasteiger partial charge in [-0.25, -0.2) is 0 Å². The lowest BCUT2D eigenvalue weighted by Gasteiger charge is -1.97. The predicted octanol–water partition coefficient (Wildman–Crippen LogP) is 1.78. The fourth-order valence-electron chi connectivity index (χ4n) is 1.14. The smallest absolute Gasteiger partial charge is 0.205 e. The normalized spacial score (nSPS) is 10.7. The first kappa shape index (κ1) is 12.3. The summed E-state index contributed by atoms with van der Waals surface area (Å²) in [6, 6.07) is 0. The van der Waals surface area contributed by atoms with E-state index in [0.717, 1.165) is 34.0 Å². The highest BCUT2D eigenvalue weighted by Gasteiger charge is 2.06. The van der Waals surface area contributed by atoms with Gasteiger partial charge in [0.25, 0.3) is 0 Å². The number of nitrogens with zero attached hydrogens (tertiary/aromatic N) is 5. The standard InChI is InChI=1S/C9H14N6S2/c1-3-4-10-8-13-12-7(17-8)5-16-9-14-11-6-15(9)2/h6H,3-5H2,1-2H3,(H,10,13). The molecular formula is C9H14N6S2. The Kier molecular flexibility index (Phi) is 4.32. The van der Waals surface area contributed by atoms with E-state index in [1.807, 2.05) is 11.6 Å². The minimum Gasteiger partial charge on any atom is -0.360 e. The third kappa shape index (κ3) is 3.40. The zero-order valence-corrected chi connectivity index (χ0v) is 11.4. The molecule has 2 heterocycles. The van der Waals surface area contributed by atoms with Crippen molar-refractivity contribution in [1.29, 1.82) is 0 Å². The predicted molar refractivity (Wildman–Crippen MR) is 69.3 cm³/mol. The summed E-state index contributed by atoms with van der Waals surface area (Å²) in [5.41, 5.74) is 0. The molecule has 0 aliphatic heterocycles. The van der Waals surface area contributed by atoms with Gasteiger partial charge in [-0.2, -0.15) is 0 Å². The number of hydrogen-bond acceptors (Lipinski definition) is 7. The summed E-state index contributed by atoms with van der Waals surface area (Å²) in [5, 5.41) is 22.0. The Balaban J connectivity index is 1.87. The Labute approximate surface area is 108 Å². The molecule has 1 N–H and O–H groups in total. The Bertz CT molecular complexity index is 466. The second-order valence-electron chi connectivity index (χ2n) is 3.44. The van der Waals surface area contributed by atoms with Gasteiger partial charge in [0.15, 0.2) is 5.16 Å². The Morgan fingerprint density at radius 3 is 3.00 bits per heavy atom. The molecular weight excluding hydrogens is 256 g/mol. The fraction of sp³-hybridized carbons (Fsp3) is 0.556. The van der Waals surface area contributed by atoms with E-state index in [1.165, 1.54) is 0 Å². The van der Waals surface area contributed by atoms with Gasteiger partial charge >= 0.3 is 0 Å². The number of anilines is 1. The van der Waals surface area contributed by atoms with E-state index in [1.54, 1.807) is 29.4 Å². The van der Waals surface area contributed by atoms with Crippen LogP contribution in [0.4, 0.5) is 5.13 Å². The summed E-state index contributed by atoms with van der Waals surface area (Å²) in [6.45, 7) is 3.06. The number of rotatable bonds is 6. The van der Waals surface area contributed by atoms with Crippen LogP contribution in [0.3, 0.4) is 0 Å². The molecule has 0 spiro atoms. The number of thioether (sulfide) groups is 1. The highest BCUT2D eigenvalue weighted by atomic mass is 32.2. The Morgan fingerprint density at radius 1 is 1.41 bits per heavy atom. The van der Waals surface area contributed by atoms with Crippen molar-refractivity contribution in [3.05, 3.63) is 11.3 Å². The van der Waals surface area contributed by atoms with Crippen LogP contribution in [-0.2, 0) is 12.8 Å². The van der Waals surface area contributed by atoms with Crippen LogP contribution >= 0.6 is 23.1 Å². The molecule has 17 heavy (non-hydrogen) atoms.